The van der Waals surface area contributed by atoms with E-state index in [-0.39, 0.29) is 0 Å². The van der Waals surface area contributed by atoms with Crippen LogP contribution >= 0.6 is 12.2 Å². The third-order valence-corrected chi connectivity index (χ3v) is 2.66. The molecule has 2 aromatic rings. The number of benzene rings is 1. The SMILES string of the molecule is CNCCc1cccc2c(=S)[nH][nH]c12. The predicted molar refractivity (Wildman–Crippen MR) is 61.1 cm³/mol. The van der Waals surface area contributed by atoms with E-state index < -0.39 is 0 Å². The minimum absolute atomic E-state index is 0.784. The highest BCUT2D eigenvalue weighted by Crippen LogP contribution is 2.17. The zero-order chi connectivity index (χ0) is 9.97. The first-order valence-electron chi connectivity index (χ1n) is 4.66. The molecule has 74 valence electrons. The van der Waals surface area contributed by atoms with E-state index >= 15 is 0 Å². The molecular formula is C10H13N3S. The lowest BCUT2D eigenvalue weighted by Crippen LogP contribution is -2.10. The summed E-state index contributed by atoms with van der Waals surface area (Å²) in [7, 11) is 1.96. The van der Waals surface area contributed by atoms with Crippen molar-refractivity contribution in [1.29, 1.82) is 0 Å². The zero-order valence-corrected chi connectivity index (χ0v) is 8.87. The molecule has 2 rings (SSSR count). The minimum Gasteiger partial charge on any atom is -0.319 e. The molecule has 0 unspecified atom stereocenters. The van der Waals surface area contributed by atoms with Crippen molar-refractivity contribution in [3.05, 3.63) is 28.4 Å². The van der Waals surface area contributed by atoms with Crippen molar-refractivity contribution in [2.75, 3.05) is 13.6 Å². The van der Waals surface area contributed by atoms with Gasteiger partial charge < -0.3 is 5.32 Å². The molecule has 0 bridgehead atoms. The predicted octanol–water partition coefficient (Wildman–Crippen LogP) is 1.99. The lowest BCUT2D eigenvalue weighted by atomic mass is 10.1. The van der Waals surface area contributed by atoms with Gasteiger partial charge in [-0.05, 0) is 31.6 Å². The van der Waals surface area contributed by atoms with Crippen LogP contribution in [0.2, 0.25) is 0 Å². The average Bonchev–Trinajstić information content (AvgIpc) is 2.58. The molecule has 4 heteroatoms. The minimum atomic E-state index is 0.784. The van der Waals surface area contributed by atoms with Crippen LogP contribution < -0.4 is 5.32 Å². The molecule has 3 nitrogen and oxygen atoms in total. The molecule has 1 heterocycles. The number of rotatable bonds is 3. The van der Waals surface area contributed by atoms with Gasteiger partial charge in [0.1, 0.15) is 4.64 Å². The Hall–Kier alpha value is -1.13. The van der Waals surface area contributed by atoms with E-state index in [2.05, 4.69) is 21.6 Å². The third-order valence-electron chi connectivity index (χ3n) is 2.34. The van der Waals surface area contributed by atoms with E-state index in [0.29, 0.717) is 0 Å². The Morgan fingerprint density at radius 2 is 2.21 bits per heavy atom. The average molecular weight is 207 g/mol. The van der Waals surface area contributed by atoms with Gasteiger partial charge in [-0.2, -0.15) is 0 Å². The summed E-state index contributed by atoms with van der Waals surface area (Å²) in [4.78, 5) is 0. The van der Waals surface area contributed by atoms with Crippen molar-refractivity contribution in [3.8, 4) is 0 Å². The number of hydrogen-bond acceptors (Lipinski definition) is 2. The van der Waals surface area contributed by atoms with Crippen molar-refractivity contribution < 1.29 is 0 Å². The van der Waals surface area contributed by atoms with Gasteiger partial charge in [-0.3, -0.25) is 10.2 Å². The Bertz CT molecular complexity index is 483. The molecule has 0 aliphatic heterocycles. The lowest BCUT2D eigenvalue weighted by Gasteiger charge is -2.01. The van der Waals surface area contributed by atoms with Gasteiger partial charge in [-0.15, -0.1) is 0 Å². The van der Waals surface area contributed by atoms with Gasteiger partial charge in [0.05, 0.1) is 5.52 Å². The highest BCUT2D eigenvalue weighted by molar-refractivity contribution is 7.71. The van der Waals surface area contributed by atoms with Crippen LogP contribution in [-0.4, -0.2) is 23.8 Å². The van der Waals surface area contributed by atoms with E-state index in [9.17, 15) is 0 Å². The standard InChI is InChI=1S/C10H13N3S/c1-11-6-5-7-3-2-4-8-9(7)12-13-10(8)14/h2-4,11H,5-6H2,1H3,(H2,12,13,14). The summed E-state index contributed by atoms with van der Waals surface area (Å²) in [5.41, 5.74) is 2.43. The Balaban J connectivity index is 2.49. The van der Waals surface area contributed by atoms with E-state index in [4.69, 9.17) is 12.2 Å². The van der Waals surface area contributed by atoms with Crippen molar-refractivity contribution in [1.82, 2.24) is 15.5 Å². The molecule has 3 N–H and O–H groups in total. The number of aromatic amines is 2. The van der Waals surface area contributed by atoms with Crippen molar-refractivity contribution >= 4 is 23.1 Å². The van der Waals surface area contributed by atoms with Crippen molar-refractivity contribution in [2.24, 2.45) is 0 Å². The second-order valence-corrected chi connectivity index (χ2v) is 3.68. The van der Waals surface area contributed by atoms with Gasteiger partial charge in [-0.1, -0.05) is 24.4 Å². The number of likely N-dealkylation sites (N-methyl/N-ethyl adjacent to an activating group) is 1. The molecule has 0 aliphatic carbocycles. The number of aromatic nitrogens is 2. The van der Waals surface area contributed by atoms with E-state index in [0.717, 1.165) is 28.5 Å². The molecular weight excluding hydrogens is 194 g/mol. The number of para-hydroxylation sites is 1. The molecule has 0 saturated heterocycles. The molecule has 0 aliphatic rings. The fourth-order valence-electron chi connectivity index (χ4n) is 1.59. The van der Waals surface area contributed by atoms with E-state index in [1.807, 2.05) is 19.2 Å². The summed E-state index contributed by atoms with van der Waals surface area (Å²) in [6, 6.07) is 6.21. The second kappa shape index (κ2) is 3.94. The molecule has 0 fully saturated rings. The normalized spacial score (nSPS) is 10.9. The van der Waals surface area contributed by atoms with Crippen LogP contribution in [0.1, 0.15) is 5.56 Å². The van der Waals surface area contributed by atoms with Crippen LogP contribution in [0.15, 0.2) is 18.2 Å². The summed E-state index contributed by atoms with van der Waals surface area (Å²) >= 11 is 5.16. The third kappa shape index (κ3) is 1.58. The van der Waals surface area contributed by atoms with Crippen molar-refractivity contribution in [2.45, 2.75) is 6.42 Å². The van der Waals surface area contributed by atoms with E-state index in [1.54, 1.807) is 0 Å². The summed E-state index contributed by atoms with van der Waals surface area (Å²) in [6.07, 6.45) is 1.01. The smallest absolute Gasteiger partial charge is 0.127 e. The molecule has 0 atom stereocenters. The summed E-state index contributed by atoms with van der Waals surface area (Å²) in [5.74, 6) is 0. The number of H-pyrrole nitrogens is 2. The van der Waals surface area contributed by atoms with Gasteiger partial charge in [0.25, 0.3) is 0 Å². The molecule has 14 heavy (non-hydrogen) atoms. The number of nitrogens with one attached hydrogen (secondary N) is 3. The Morgan fingerprint density at radius 3 is 3.00 bits per heavy atom. The molecule has 1 aromatic heterocycles. The van der Waals surface area contributed by atoms with Gasteiger partial charge in [0.15, 0.2) is 0 Å². The van der Waals surface area contributed by atoms with Gasteiger partial charge in [-0.25, -0.2) is 0 Å². The maximum atomic E-state index is 5.16. The first kappa shape index (κ1) is 9.43. The Morgan fingerprint density at radius 1 is 1.36 bits per heavy atom. The quantitative estimate of drug-likeness (QED) is 0.674. The highest BCUT2D eigenvalue weighted by atomic mass is 32.1. The Labute approximate surface area is 87.5 Å². The van der Waals surface area contributed by atoms with Gasteiger partial charge in [0, 0.05) is 5.39 Å². The molecule has 0 amide bonds. The summed E-state index contributed by atoms with van der Waals surface area (Å²) in [6.45, 7) is 0.977. The maximum absolute atomic E-state index is 5.16. The molecule has 1 aromatic carbocycles. The largest absolute Gasteiger partial charge is 0.319 e. The van der Waals surface area contributed by atoms with Crippen LogP contribution in [0.25, 0.3) is 10.9 Å². The molecule has 0 spiro atoms. The van der Waals surface area contributed by atoms with E-state index in [1.165, 1.54) is 5.56 Å². The van der Waals surface area contributed by atoms with Gasteiger partial charge >= 0.3 is 0 Å². The van der Waals surface area contributed by atoms with Gasteiger partial charge in [0.2, 0.25) is 0 Å². The zero-order valence-electron chi connectivity index (χ0n) is 8.05. The number of fused-ring (bicyclic) bond motifs is 1. The fraction of sp³-hybridized carbons (Fsp3) is 0.300. The number of hydrogen-bond donors (Lipinski definition) is 3. The summed E-state index contributed by atoms with van der Waals surface area (Å²) < 4.78 is 0.784. The monoisotopic (exact) mass is 207 g/mol. The maximum Gasteiger partial charge on any atom is 0.127 e. The topological polar surface area (TPSA) is 43.6 Å². The molecule has 0 radical (unpaired) electrons. The first-order chi connectivity index (χ1) is 6.83. The lowest BCUT2D eigenvalue weighted by molar-refractivity contribution is 0.793. The van der Waals surface area contributed by atoms with Crippen LogP contribution in [-0.2, 0) is 6.42 Å². The summed E-state index contributed by atoms with van der Waals surface area (Å²) in [5, 5.41) is 10.3. The van der Waals surface area contributed by atoms with Crippen LogP contribution in [0.3, 0.4) is 0 Å². The highest BCUT2D eigenvalue weighted by Gasteiger charge is 2.02. The second-order valence-electron chi connectivity index (χ2n) is 3.27. The van der Waals surface area contributed by atoms with Crippen molar-refractivity contribution in [3.63, 3.8) is 0 Å². The first-order valence-corrected chi connectivity index (χ1v) is 5.06. The molecule has 0 saturated carbocycles. The van der Waals surface area contributed by atoms with Crippen LogP contribution in [0.4, 0.5) is 0 Å². The van der Waals surface area contributed by atoms with Crippen LogP contribution in [0.5, 0.6) is 0 Å². The fourth-order valence-corrected chi connectivity index (χ4v) is 1.81. The Kier molecular flexibility index (Phi) is 2.65. The van der Waals surface area contributed by atoms with Crippen LogP contribution in [0, 0.1) is 4.64 Å².